The minimum atomic E-state index is 0.596. The lowest BCUT2D eigenvalue weighted by atomic mass is 9.95. The summed E-state index contributed by atoms with van der Waals surface area (Å²) in [5, 5.41) is 3.61. The minimum absolute atomic E-state index is 0.596. The number of nitrogen functional groups attached to an aromatic ring is 1. The molecule has 1 aromatic carbocycles. The molecule has 0 spiro atoms. The lowest BCUT2D eigenvalue weighted by Gasteiger charge is -2.26. The Morgan fingerprint density at radius 3 is 2.62 bits per heavy atom. The maximum Gasteiger partial charge on any atom is 0.0603 e. The van der Waals surface area contributed by atoms with Crippen LogP contribution in [0.4, 0.5) is 11.4 Å². The number of ether oxygens (including phenoxy) is 1. The third-order valence-electron chi connectivity index (χ3n) is 4.19. The van der Waals surface area contributed by atoms with Gasteiger partial charge in [0.25, 0.3) is 0 Å². The Hall–Kier alpha value is -0.910. The summed E-state index contributed by atoms with van der Waals surface area (Å²) < 4.78 is 7.71. The van der Waals surface area contributed by atoms with E-state index in [1.807, 2.05) is 0 Å². The highest BCUT2D eigenvalue weighted by Gasteiger charge is 2.15. The van der Waals surface area contributed by atoms with Crippen molar-refractivity contribution >= 4 is 23.3 Å². The zero-order valence-electron chi connectivity index (χ0n) is 12.5. The molecule has 0 unspecified atom stereocenters. The van der Waals surface area contributed by atoms with Crippen LogP contribution in [0.5, 0.6) is 0 Å². The van der Waals surface area contributed by atoms with Gasteiger partial charge >= 0.3 is 0 Å². The van der Waals surface area contributed by atoms with Gasteiger partial charge < -0.3 is 15.8 Å². The number of benzene rings is 1. The van der Waals surface area contributed by atoms with Crippen LogP contribution in [0.1, 0.15) is 32.1 Å². The molecule has 1 heterocycles. The number of rotatable bonds is 4. The Balaban J connectivity index is 1.59. The molecule has 3 N–H and O–H groups in total. The first-order valence-electron chi connectivity index (χ1n) is 7.98. The van der Waals surface area contributed by atoms with Crippen molar-refractivity contribution in [3.8, 4) is 0 Å². The monoisotopic (exact) mass is 307 g/mol. The van der Waals surface area contributed by atoms with Gasteiger partial charge in [-0.3, -0.25) is 0 Å². The van der Waals surface area contributed by atoms with E-state index in [4.69, 9.17) is 10.5 Å². The molecular formula is C16H25N3OS. The molecule has 0 radical (unpaired) electrons. The molecule has 1 saturated heterocycles. The number of hydrogen-bond donors (Lipinski definition) is 2. The first-order valence-corrected chi connectivity index (χ1v) is 8.75. The molecule has 3 rings (SSSR count). The van der Waals surface area contributed by atoms with E-state index in [1.54, 1.807) is 11.9 Å². The third-order valence-corrected chi connectivity index (χ3v) is 5.28. The van der Waals surface area contributed by atoms with Gasteiger partial charge in [-0.15, -0.1) is 0 Å². The number of nitrogens with zero attached hydrogens (tertiary/aromatic N) is 1. The molecule has 1 aromatic rings. The van der Waals surface area contributed by atoms with E-state index in [2.05, 4.69) is 27.8 Å². The molecule has 0 atom stereocenters. The number of nitrogens with two attached hydrogens (primary N) is 1. The summed E-state index contributed by atoms with van der Waals surface area (Å²) in [6, 6.07) is 6.98. The van der Waals surface area contributed by atoms with Gasteiger partial charge in [0.05, 0.1) is 24.6 Å². The lowest BCUT2D eigenvalue weighted by Crippen LogP contribution is -2.30. The van der Waals surface area contributed by atoms with Crippen molar-refractivity contribution in [1.29, 1.82) is 0 Å². The fourth-order valence-electron chi connectivity index (χ4n) is 2.98. The standard InChI is InChI=1S/C16H25N3OS/c17-15-12-14(21-19-8-10-20-11-9-19)6-7-16(15)18-13-4-2-1-3-5-13/h6-7,12-13,18H,1-5,8-11,17H2. The van der Waals surface area contributed by atoms with E-state index in [9.17, 15) is 0 Å². The van der Waals surface area contributed by atoms with Gasteiger partial charge in [-0.25, -0.2) is 4.31 Å². The van der Waals surface area contributed by atoms with Crippen LogP contribution >= 0.6 is 11.9 Å². The topological polar surface area (TPSA) is 50.5 Å². The van der Waals surface area contributed by atoms with Gasteiger partial charge in [-0.1, -0.05) is 19.3 Å². The largest absolute Gasteiger partial charge is 0.397 e. The molecular weight excluding hydrogens is 282 g/mol. The number of morpholine rings is 1. The maximum atomic E-state index is 6.22. The third kappa shape index (κ3) is 4.28. The minimum Gasteiger partial charge on any atom is -0.397 e. The molecule has 21 heavy (non-hydrogen) atoms. The van der Waals surface area contributed by atoms with Gasteiger partial charge in [0.15, 0.2) is 0 Å². The zero-order valence-corrected chi connectivity index (χ0v) is 13.3. The number of hydrogen-bond acceptors (Lipinski definition) is 5. The molecule has 4 nitrogen and oxygen atoms in total. The van der Waals surface area contributed by atoms with Crippen molar-refractivity contribution < 1.29 is 4.74 Å². The molecule has 1 aliphatic heterocycles. The van der Waals surface area contributed by atoms with Gasteiger partial charge in [0.1, 0.15) is 0 Å². The van der Waals surface area contributed by atoms with Crippen molar-refractivity contribution in [3.63, 3.8) is 0 Å². The predicted molar refractivity (Wildman–Crippen MR) is 89.6 cm³/mol. The maximum absolute atomic E-state index is 6.22. The average molecular weight is 307 g/mol. The van der Waals surface area contributed by atoms with Crippen LogP contribution in [0.3, 0.4) is 0 Å². The normalized spacial score (nSPS) is 21.3. The van der Waals surface area contributed by atoms with E-state index in [1.165, 1.54) is 37.0 Å². The van der Waals surface area contributed by atoms with Crippen LogP contribution < -0.4 is 11.1 Å². The van der Waals surface area contributed by atoms with E-state index >= 15 is 0 Å². The summed E-state index contributed by atoms with van der Waals surface area (Å²) in [6.45, 7) is 3.60. The van der Waals surface area contributed by atoms with Crippen molar-refractivity contribution in [1.82, 2.24) is 4.31 Å². The smallest absolute Gasteiger partial charge is 0.0603 e. The van der Waals surface area contributed by atoms with Crippen molar-refractivity contribution in [2.45, 2.75) is 43.0 Å². The van der Waals surface area contributed by atoms with E-state index in [0.29, 0.717) is 6.04 Å². The Morgan fingerprint density at radius 2 is 1.90 bits per heavy atom. The molecule has 2 aliphatic rings. The van der Waals surface area contributed by atoms with Crippen LogP contribution in [0.2, 0.25) is 0 Å². The zero-order chi connectivity index (χ0) is 14.5. The summed E-state index contributed by atoms with van der Waals surface area (Å²) in [5.74, 6) is 0. The van der Waals surface area contributed by atoms with E-state index in [-0.39, 0.29) is 0 Å². The van der Waals surface area contributed by atoms with Crippen LogP contribution in [0.25, 0.3) is 0 Å². The van der Waals surface area contributed by atoms with Crippen LogP contribution in [0.15, 0.2) is 23.1 Å². The van der Waals surface area contributed by atoms with Gasteiger partial charge in [0.2, 0.25) is 0 Å². The number of anilines is 2. The second kappa shape index (κ2) is 7.38. The fourth-order valence-corrected chi connectivity index (χ4v) is 3.92. The van der Waals surface area contributed by atoms with Gasteiger partial charge in [0, 0.05) is 24.0 Å². The van der Waals surface area contributed by atoms with Crippen molar-refractivity contribution in [2.24, 2.45) is 0 Å². The molecule has 116 valence electrons. The molecule has 0 amide bonds. The highest BCUT2D eigenvalue weighted by molar-refractivity contribution is 7.97. The van der Waals surface area contributed by atoms with Crippen molar-refractivity contribution in [3.05, 3.63) is 18.2 Å². The predicted octanol–water partition coefficient (Wildman–Crippen LogP) is 3.35. The molecule has 2 fully saturated rings. The Morgan fingerprint density at radius 1 is 1.14 bits per heavy atom. The Kier molecular flexibility index (Phi) is 5.27. The Labute approximate surface area is 131 Å². The molecule has 5 heteroatoms. The second-order valence-corrected chi connectivity index (χ2v) is 7.03. The van der Waals surface area contributed by atoms with Crippen LogP contribution in [0, 0.1) is 0 Å². The highest BCUT2D eigenvalue weighted by atomic mass is 32.2. The first-order chi connectivity index (χ1) is 10.3. The summed E-state index contributed by atoms with van der Waals surface area (Å²) in [5.41, 5.74) is 8.18. The summed E-state index contributed by atoms with van der Waals surface area (Å²) in [6.07, 6.45) is 6.58. The summed E-state index contributed by atoms with van der Waals surface area (Å²) in [4.78, 5) is 1.21. The first kappa shape index (κ1) is 15.0. The summed E-state index contributed by atoms with van der Waals surface area (Å²) in [7, 11) is 0. The summed E-state index contributed by atoms with van der Waals surface area (Å²) >= 11 is 1.78. The molecule has 0 bridgehead atoms. The molecule has 1 saturated carbocycles. The lowest BCUT2D eigenvalue weighted by molar-refractivity contribution is 0.0773. The average Bonchev–Trinajstić information content (AvgIpc) is 2.52. The SMILES string of the molecule is Nc1cc(SN2CCOCC2)ccc1NC1CCCCC1. The second-order valence-electron chi connectivity index (χ2n) is 5.86. The van der Waals surface area contributed by atoms with Crippen LogP contribution in [-0.4, -0.2) is 36.7 Å². The molecule has 1 aliphatic carbocycles. The highest BCUT2D eigenvalue weighted by Crippen LogP contribution is 2.31. The molecule has 0 aromatic heterocycles. The fraction of sp³-hybridized carbons (Fsp3) is 0.625. The van der Waals surface area contributed by atoms with Crippen molar-refractivity contribution in [2.75, 3.05) is 37.4 Å². The van der Waals surface area contributed by atoms with E-state index < -0.39 is 0 Å². The quantitative estimate of drug-likeness (QED) is 0.660. The number of nitrogens with one attached hydrogen (secondary N) is 1. The Bertz CT molecular complexity index is 457. The van der Waals surface area contributed by atoms with Gasteiger partial charge in [-0.05, 0) is 43.0 Å². The van der Waals surface area contributed by atoms with Gasteiger partial charge in [-0.2, -0.15) is 0 Å². The van der Waals surface area contributed by atoms with Crippen LogP contribution in [-0.2, 0) is 4.74 Å². The van der Waals surface area contributed by atoms with E-state index in [0.717, 1.165) is 37.7 Å².